The van der Waals surface area contributed by atoms with Crippen molar-refractivity contribution in [2.75, 3.05) is 12.3 Å². The van der Waals surface area contributed by atoms with Crippen molar-refractivity contribution in [3.8, 4) is 0 Å². The standard InChI is InChI=1S/C13H13BrFN3O2/c1-18-8(2-4-17-18)3-5-20-13(19)9-6-12(16)11(15)7-10(9)14/h2,4,6-7H,3,5,16H2,1H3. The second kappa shape index (κ2) is 6.04. The summed E-state index contributed by atoms with van der Waals surface area (Å²) in [4.78, 5) is 11.9. The third kappa shape index (κ3) is 3.16. The van der Waals surface area contributed by atoms with E-state index in [1.54, 1.807) is 10.9 Å². The molecule has 0 radical (unpaired) electrons. The largest absolute Gasteiger partial charge is 0.462 e. The molecular weight excluding hydrogens is 329 g/mol. The summed E-state index contributed by atoms with van der Waals surface area (Å²) < 4.78 is 20.4. The Morgan fingerprint density at radius 2 is 2.30 bits per heavy atom. The first-order valence-corrected chi connectivity index (χ1v) is 6.67. The Kier molecular flexibility index (Phi) is 4.39. The fraction of sp³-hybridized carbons (Fsp3) is 0.231. The first-order chi connectivity index (χ1) is 9.49. The van der Waals surface area contributed by atoms with Crippen molar-refractivity contribution in [2.24, 2.45) is 7.05 Å². The number of carbonyl (C=O) groups excluding carboxylic acids is 1. The van der Waals surface area contributed by atoms with E-state index < -0.39 is 11.8 Å². The van der Waals surface area contributed by atoms with Crippen LogP contribution in [0.3, 0.4) is 0 Å². The molecule has 2 N–H and O–H groups in total. The molecular formula is C13H13BrFN3O2. The molecule has 0 amide bonds. The molecule has 0 atom stereocenters. The van der Waals surface area contributed by atoms with Crippen molar-refractivity contribution >= 4 is 27.6 Å². The van der Waals surface area contributed by atoms with Gasteiger partial charge in [-0.1, -0.05) is 0 Å². The number of carbonyl (C=O) groups is 1. The number of rotatable bonds is 4. The molecule has 2 aromatic rings. The minimum Gasteiger partial charge on any atom is -0.462 e. The zero-order valence-corrected chi connectivity index (χ0v) is 12.4. The van der Waals surface area contributed by atoms with Crippen molar-refractivity contribution in [3.63, 3.8) is 0 Å². The number of halogens is 2. The van der Waals surface area contributed by atoms with E-state index in [1.807, 2.05) is 13.1 Å². The number of aryl methyl sites for hydroxylation is 1. The first-order valence-electron chi connectivity index (χ1n) is 5.87. The minimum atomic E-state index is -0.580. The average Bonchev–Trinajstić information content (AvgIpc) is 2.79. The number of anilines is 1. The Morgan fingerprint density at radius 1 is 1.55 bits per heavy atom. The molecule has 0 aliphatic rings. The molecule has 2 rings (SSSR count). The summed E-state index contributed by atoms with van der Waals surface area (Å²) >= 11 is 3.11. The molecule has 0 aliphatic heterocycles. The zero-order valence-electron chi connectivity index (χ0n) is 10.8. The molecule has 106 valence electrons. The van der Waals surface area contributed by atoms with Crippen molar-refractivity contribution in [3.05, 3.63) is 45.9 Å². The molecule has 7 heteroatoms. The van der Waals surface area contributed by atoms with Gasteiger partial charge in [0, 0.05) is 29.8 Å². The Balaban J connectivity index is 1.99. The Bertz CT molecular complexity index is 643. The molecule has 20 heavy (non-hydrogen) atoms. The van der Waals surface area contributed by atoms with Crippen LogP contribution in [0.5, 0.6) is 0 Å². The molecule has 5 nitrogen and oxygen atoms in total. The normalized spacial score (nSPS) is 10.6. The van der Waals surface area contributed by atoms with Crippen LogP contribution in [0.25, 0.3) is 0 Å². The van der Waals surface area contributed by atoms with E-state index in [9.17, 15) is 9.18 Å². The van der Waals surface area contributed by atoms with Crippen LogP contribution in [-0.4, -0.2) is 22.4 Å². The fourth-order valence-corrected chi connectivity index (χ4v) is 2.17. The van der Waals surface area contributed by atoms with Gasteiger partial charge in [0.1, 0.15) is 5.82 Å². The van der Waals surface area contributed by atoms with E-state index in [4.69, 9.17) is 10.5 Å². The van der Waals surface area contributed by atoms with Crippen LogP contribution >= 0.6 is 15.9 Å². The monoisotopic (exact) mass is 341 g/mol. The second-order valence-corrected chi connectivity index (χ2v) is 5.04. The summed E-state index contributed by atoms with van der Waals surface area (Å²) in [5.74, 6) is -1.13. The van der Waals surface area contributed by atoms with Crippen LogP contribution in [0.4, 0.5) is 10.1 Å². The topological polar surface area (TPSA) is 70.1 Å². The highest BCUT2D eigenvalue weighted by Crippen LogP contribution is 2.23. The summed E-state index contributed by atoms with van der Waals surface area (Å²) in [7, 11) is 1.81. The van der Waals surface area contributed by atoms with Crippen molar-refractivity contribution in [1.29, 1.82) is 0 Å². The van der Waals surface area contributed by atoms with Gasteiger partial charge in [0.25, 0.3) is 0 Å². The lowest BCUT2D eigenvalue weighted by Gasteiger charge is -2.08. The summed E-state index contributed by atoms with van der Waals surface area (Å²) in [6, 6.07) is 4.25. The lowest BCUT2D eigenvalue weighted by Crippen LogP contribution is -2.11. The van der Waals surface area contributed by atoms with Gasteiger partial charge in [0.15, 0.2) is 0 Å². The molecule has 0 spiro atoms. The SMILES string of the molecule is Cn1nccc1CCOC(=O)c1cc(N)c(F)cc1Br. The highest BCUT2D eigenvalue weighted by molar-refractivity contribution is 9.10. The van der Waals surface area contributed by atoms with Crippen LogP contribution in [0, 0.1) is 5.82 Å². The van der Waals surface area contributed by atoms with E-state index in [0.29, 0.717) is 10.9 Å². The number of hydrogen-bond donors (Lipinski definition) is 1. The maximum atomic E-state index is 13.2. The van der Waals surface area contributed by atoms with Crippen molar-refractivity contribution in [1.82, 2.24) is 9.78 Å². The van der Waals surface area contributed by atoms with Gasteiger partial charge >= 0.3 is 5.97 Å². The van der Waals surface area contributed by atoms with Gasteiger partial charge in [0.05, 0.1) is 17.9 Å². The third-order valence-corrected chi connectivity index (χ3v) is 3.48. The highest BCUT2D eigenvalue weighted by Gasteiger charge is 2.14. The third-order valence-electron chi connectivity index (χ3n) is 2.82. The number of benzene rings is 1. The number of ether oxygens (including phenoxy) is 1. The predicted molar refractivity (Wildman–Crippen MR) is 75.7 cm³/mol. The minimum absolute atomic E-state index is 0.0909. The molecule has 0 saturated heterocycles. The summed E-state index contributed by atoms with van der Waals surface area (Å²) in [5.41, 5.74) is 6.50. The molecule has 1 heterocycles. The van der Waals surface area contributed by atoms with Crippen LogP contribution in [0.2, 0.25) is 0 Å². The van der Waals surface area contributed by atoms with Crippen LogP contribution in [0.15, 0.2) is 28.9 Å². The Hall–Kier alpha value is -1.89. The van der Waals surface area contributed by atoms with E-state index in [-0.39, 0.29) is 17.9 Å². The molecule has 1 aromatic carbocycles. The quantitative estimate of drug-likeness (QED) is 0.684. The first kappa shape index (κ1) is 14.5. The molecule has 1 aromatic heterocycles. The fourth-order valence-electron chi connectivity index (χ4n) is 1.69. The van der Waals surface area contributed by atoms with E-state index in [2.05, 4.69) is 21.0 Å². The second-order valence-electron chi connectivity index (χ2n) is 4.19. The molecule has 0 unspecified atom stereocenters. The maximum Gasteiger partial charge on any atom is 0.339 e. The van der Waals surface area contributed by atoms with Crippen molar-refractivity contribution < 1.29 is 13.9 Å². The molecule has 0 aliphatic carbocycles. The Labute approximate surface area is 123 Å². The average molecular weight is 342 g/mol. The smallest absolute Gasteiger partial charge is 0.339 e. The predicted octanol–water partition coefficient (Wildman–Crippen LogP) is 2.30. The molecule has 0 bridgehead atoms. The van der Waals surface area contributed by atoms with Crippen LogP contribution in [0.1, 0.15) is 16.1 Å². The van der Waals surface area contributed by atoms with Crippen LogP contribution in [-0.2, 0) is 18.2 Å². The Morgan fingerprint density at radius 3 is 2.95 bits per heavy atom. The lowest BCUT2D eigenvalue weighted by molar-refractivity contribution is 0.0506. The summed E-state index contributed by atoms with van der Waals surface area (Å²) in [6.07, 6.45) is 2.23. The van der Waals surface area contributed by atoms with E-state index in [1.165, 1.54) is 6.07 Å². The number of esters is 1. The number of nitrogens with two attached hydrogens (primary N) is 1. The van der Waals surface area contributed by atoms with Gasteiger partial charge in [-0.3, -0.25) is 4.68 Å². The number of nitrogen functional groups attached to an aromatic ring is 1. The van der Waals surface area contributed by atoms with Gasteiger partial charge in [0.2, 0.25) is 0 Å². The van der Waals surface area contributed by atoms with Gasteiger partial charge < -0.3 is 10.5 Å². The number of aromatic nitrogens is 2. The van der Waals surface area contributed by atoms with E-state index in [0.717, 1.165) is 11.8 Å². The maximum absolute atomic E-state index is 13.2. The van der Waals surface area contributed by atoms with Gasteiger partial charge in [-0.25, -0.2) is 9.18 Å². The van der Waals surface area contributed by atoms with E-state index >= 15 is 0 Å². The van der Waals surface area contributed by atoms with Gasteiger partial charge in [-0.15, -0.1) is 0 Å². The zero-order chi connectivity index (χ0) is 14.7. The lowest BCUT2D eigenvalue weighted by atomic mass is 10.2. The van der Waals surface area contributed by atoms with Gasteiger partial charge in [-0.05, 0) is 34.1 Å². The number of nitrogens with zero attached hydrogens (tertiary/aromatic N) is 2. The summed E-state index contributed by atoms with van der Waals surface area (Å²) in [5, 5.41) is 4.02. The van der Waals surface area contributed by atoms with Crippen molar-refractivity contribution in [2.45, 2.75) is 6.42 Å². The summed E-state index contributed by atoms with van der Waals surface area (Å²) in [6.45, 7) is 0.210. The molecule has 0 saturated carbocycles. The van der Waals surface area contributed by atoms with Crippen LogP contribution < -0.4 is 5.73 Å². The number of hydrogen-bond acceptors (Lipinski definition) is 4. The molecule has 0 fully saturated rings. The highest BCUT2D eigenvalue weighted by atomic mass is 79.9. The van der Waals surface area contributed by atoms with Gasteiger partial charge in [-0.2, -0.15) is 5.10 Å².